The molecule has 1 aliphatic heterocycles. The molecule has 0 aliphatic carbocycles. The maximum absolute atomic E-state index is 13.7. The number of ketones is 1. The van der Waals surface area contributed by atoms with Crippen molar-refractivity contribution in [1.29, 1.82) is 0 Å². The molecule has 0 aromatic heterocycles. The minimum absolute atomic E-state index is 0.00309. The standard InChI is InChI=1S/C27H43N3O4/c1-6-7-8-20(26(33)34)17-19(12-9-18-10-13-21(14-11-18)27(2,3)4)24(31)22-15-16-29-30-23(22)25(32)28-5/h10-11,13-14,19-20,22-23,29-30H,6-9,12,15-17H2,1-5H3,(H,28,32)(H,33,34)/t19?,20?,22-,23-/m0/s1. The van der Waals surface area contributed by atoms with Gasteiger partial charge in [0, 0.05) is 25.4 Å². The van der Waals surface area contributed by atoms with Gasteiger partial charge >= 0.3 is 5.97 Å². The van der Waals surface area contributed by atoms with Crippen LogP contribution in [0.5, 0.6) is 0 Å². The van der Waals surface area contributed by atoms with Crippen molar-refractivity contribution in [3.05, 3.63) is 35.4 Å². The van der Waals surface area contributed by atoms with Crippen LogP contribution in [0.4, 0.5) is 0 Å². The zero-order chi connectivity index (χ0) is 25.3. The van der Waals surface area contributed by atoms with Crippen LogP contribution in [0.15, 0.2) is 24.3 Å². The molecule has 34 heavy (non-hydrogen) atoms. The number of hydrogen-bond donors (Lipinski definition) is 4. The fourth-order valence-corrected chi connectivity index (χ4v) is 4.71. The Bertz CT molecular complexity index is 816. The van der Waals surface area contributed by atoms with Gasteiger partial charge in [-0.25, -0.2) is 5.43 Å². The first-order valence-corrected chi connectivity index (χ1v) is 12.6. The molecule has 2 unspecified atom stereocenters. The van der Waals surface area contributed by atoms with Gasteiger partial charge in [0.1, 0.15) is 11.8 Å². The van der Waals surface area contributed by atoms with Gasteiger partial charge in [0.05, 0.1) is 5.92 Å². The van der Waals surface area contributed by atoms with Crippen molar-refractivity contribution in [2.45, 2.75) is 84.1 Å². The number of carbonyl (C=O) groups excluding carboxylic acids is 2. The molecule has 1 aromatic carbocycles. The van der Waals surface area contributed by atoms with Gasteiger partial charge in [-0.15, -0.1) is 0 Å². The minimum atomic E-state index is -0.841. The van der Waals surface area contributed by atoms with Crippen LogP contribution < -0.4 is 16.2 Å². The number of amides is 1. The lowest BCUT2D eigenvalue weighted by molar-refractivity contribution is -0.143. The number of rotatable bonds is 12. The topological polar surface area (TPSA) is 108 Å². The molecule has 1 saturated heterocycles. The predicted molar refractivity (Wildman–Crippen MR) is 134 cm³/mol. The third kappa shape index (κ3) is 7.91. The number of aliphatic carboxylic acids is 1. The van der Waals surface area contributed by atoms with E-state index in [9.17, 15) is 19.5 Å². The Morgan fingerprint density at radius 3 is 2.35 bits per heavy atom. The van der Waals surface area contributed by atoms with Gasteiger partial charge in [-0.2, -0.15) is 0 Å². The van der Waals surface area contributed by atoms with Crippen molar-refractivity contribution in [2.75, 3.05) is 13.6 Å². The molecule has 0 radical (unpaired) electrons. The summed E-state index contributed by atoms with van der Waals surface area (Å²) in [5.41, 5.74) is 8.40. The van der Waals surface area contributed by atoms with Gasteiger partial charge in [-0.1, -0.05) is 64.8 Å². The number of carboxylic acids is 1. The second kappa shape index (κ2) is 13.0. The number of unbranched alkanes of at least 4 members (excludes halogenated alkanes) is 1. The summed E-state index contributed by atoms with van der Waals surface area (Å²) < 4.78 is 0. The molecule has 1 heterocycles. The van der Waals surface area contributed by atoms with E-state index in [1.165, 1.54) is 5.56 Å². The molecule has 4 N–H and O–H groups in total. The lowest BCUT2D eigenvalue weighted by atomic mass is 9.77. The number of aryl methyl sites for hydroxylation is 1. The molecule has 7 nitrogen and oxygen atoms in total. The minimum Gasteiger partial charge on any atom is -0.481 e. The molecule has 4 atom stereocenters. The molecule has 1 fully saturated rings. The maximum atomic E-state index is 13.7. The quantitative estimate of drug-likeness (QED) is 0.369. The molecule has 0 bridgehead atoms. The molecular formula is C27H43N3O4. The van der Waals surface area contributed by atoms with Gasteiger partial charge < -0.3 is 10.4 Å². The monoisotopic (exact) mass is 473 g/mol. The molecule has 0 saturated carbocycles. The highest BCUT2D eigenvalue weighted by Gasteiger charge is 2.39. The third-order valence-corrected chi connectivity index (χ3v) is 6.96. The zero-order valence-corrected chi connectivity index (χ0v) is 21.4. The van der Waals surface area contributed by atoms with E-state index in [1.807, 2.05) is 6.92 Å². The molecular weight excluding hydrogens is 430 g/mol. The van der Waals surface area contributed by atoms with Crippen molar-refractivity contribution in [3.8, 4) is 0 Å². The maximum Gasteiger partial charge on any atom is 0.306 e. The lowest BCUT2D eigenvalue weighted by Crippen LogP contribution is -2.60. The van der Waals surface area contributed by atoms with E-state index in [2.05, 4.69) is 61.2 Å². The Morgan fingerprint density at radius 1 is 1.12 bits per heavy atom. The number of hydrogen-bond acceptors (Lipinski definition) is 5. The van der Waals surface area contributed by atoms with Crippen molar-refractivity contribution < 1.29 is 19.5 Å². The first-order valence-electron chi connectivity index (χ1n) is 12.6. The highest BCUT2D eigenvalue weighted by Crippen LogP contribution is 2.29. The summed E-state index contributed by atoms with van der Waals surface area (Å²) in [6, 6.07) is 7.82. The second-order valence-corrected chi connectivity index (χ2v) is 10.6. The number of carbonyl (C=O) groups is 3. The number of hydrazine groups is 1. The molecule has 190 valence electrons. The number of carboxylic acid groups (broad SMARTS) is 1. The van der Waals surface area contributed by atoms with Crippen LogP contribution in [0.1, 0.15) is 77.3 Å². The number of benzene rings is 1. The summed E-state index contributed by atoms with van der Waals surface area (Å²) in [6.45, 7) is 9.15. The van der Waals surface area contributed by atoms with Gasteiger partial charge in [0.25, 0.3) is 0 Å². The second-order valence-electron chi connectivity index (χ2n) is 10.6. The van der Waals surface area contributed by atoms with Crippen LogP contribution in [0, 0.1) is 17.8 Å². The molecule has 0 spiro atoms. The number of likely N-dealkylation sites (N-methyl/N-ethyl adjacent to an activating group) is 1. The van der Waals surface area contributed by atoms with Crippen LogP contribution in [0.2, 0.25) is 0 Å². The highest BCUT2D eigenvalue weighted by atomic mass is 16.4. The fraction of sp³-hybridized carbons (Fsp3) is 0.667. The van der Waals surface area contributed by atoms with Gasteiger partial charge in [0.2, 0.25) is 5.91 Å². The predicted octanol–water partition coefficient (Wildman–Crippen LogP) is 3.61. The number of nitrogens with one attached hydrogen (secondary N) is 3. The third-order valence-electron chi connectivity index (χ3n) is 6.96. The zero-order valence-electron chi connectivity index (χ0n) is 21.4. The van der Waals surface area contributed by atoms with Crippen LogP contribution in [0.3, 0.4) is 0 Å². The summed E-state index contributed by atoms with van der Waals surface area (Å²) in [5, 5.41) is 12.4. The Morgan fingerprint density at radius 2 is 1.79 bits per heavy atom. The highest BCUT2D eigenvalue weighted by molar-refractivity contribution is 5.92. The largest absolute Gasteiger partial charge is 0.481 e. The Balaban J connectivity index is 2.23. The Kier molecular flexibility index (Phi) is 10.7. The van der Waals surface area contributed by atoms with Crippen LogP contribution in [-0.2, 0) is 26.2 Å². The number of Topliss-reactive ketones (excluding diaryl/α,β-unsaturated/α-hetero) is 1. The summed E-state index contributed by atoms with van der Waals surface area (Å²) in [6.07, 6.45) is 4.45. The normalized spacial score (nSPS) is 20.4. The summed E-state index contributed by atoms with van der Waals surface area (Å²) >= 11 is 0. The Labute approximate surface area is 204 Å². The van der Waals surface area contributed by atoms with E-state index >= 15 is 0 Å². The first-order chi connectivity index (χ1) is 16.1. The van der Waals surface area contributed by atoms with E-state index in [-0.39, 0.29) is 17.1 Å². The van der Waals surface area contributed by atoms with Crippen molar-refractivity contribution >= 4 is 17.7 Å². The summed E-state index contributed by atoms with van der Waals surface area (Å²) in [4.78, 5) is 38.1. The van der Waals surface area contributed by atoms with Crippen LogP contribution in [-0.4, -0.2) is 42.4 Å². The van der Waals surface area contributed by atoms with E-state index in [4.69, 9.17) is 0 Å². The van der Waals surface area contributed by atoms with Gasteiger partial charge in [-0.3, -0.25) is 19.8 Å². The van der Waals surface area contributed by atoms with Crippen molar-refractivity contribution in [1.82, 2.24) is 16.2 Å². The summed E-state index contributed by atoms with van der Waals surface area (Å²) in [5.74, 6) is -2.51. The SMILES string of the molecule is CCCCC(CC(CCc1ccc(C(C)(C)C)cc1)C(=O)[C@H]1CCNN[C@@H]1C(=O)NC)C(=O)O. The first kappa shape index (κ1) is 28.0. The summed E-state index contributed by atoms with van der Waals surface area (Å²) in [7, 11) is 1.56. The van der Waals surface area contributed by atoms with E-state index in [0.29, 0.717) is 38.6 Å². The van der Waals surface area contributed by atoms with Crippen LogP contribution >= 0.6 is 0 Å². The van der Waals surface area contributed by atoms with Crippen molar-refractivity contribution in [2.24, 2.45) is 17.8 Å². The molecule has 1 aromatic rings. The molecule has 1 aliphatic rings. The van der Waals surface area contributed by atoms with Crippen molar-refractivity contribution in [3.63, 3.8) is 0 Å². The van der Waals surface area contributed by atoms with Gasteiger partial charge in [-0.05, 0) is 48.6 Å². The van der Waals surface area contributed by atoms with Gasteiger partial charge in [0.15, 0.2) is 0 Å². The van der Waals surface area contributed by atoms with Crippen LogP contribution in [0.25, 0.3) is 0 Å². The lowest BCUT2D eigenvalue weighted by Gasteiger charge is -2.33. The smallest absolute Gasteiger partial charge is 0.306 e. The van der Waals surface area contributed by atoms with E-state index in [0.717, 1.165) is 18.4 Å². The molecule has 7 heteroatoms. The molecule has 1 amide bonds. The fourth-order valence-electron chi connectivity index (χ4n) is 4.71. The van der Waals surface area contributed by atoms with E-state index in [1.54, 1.807) is 7.05 Å². The average Bonchev–Trinajstić information content (AvgIpc) is 2.82. The average molecular weight is 474 g/mol. The van der Waals surface area contributed by atoms with E-state index < -0.39 is 29.8 Å². The molecule has 2 rings (SSSR count). The Hall–Kier alpha value is -2.25.